The van der Waals surface area contributed by atoms with Gasteiger partial charge < -0.3 is 15.1 Å². The molecule has 0 radical (unpaired) electrons. The zero-order chi connectivity index (χ0) is 17.8. The SMILES string of the molecule is CN(C)c1ccc(NC(=O)[C@H]2CC(=O)N(Cc3ccccn3)C2)cn1. The predicted octanol–water partition coefficient (Wildman–Crippen LogP) is 1.53. The normalized spacial score (nSPS) is 16.8. The monoisotopic (exact) mass is 339 g/mol. The Kier molecular flexibility index (Phi) is 4.92. The molecule has 2 amide bonds. The fourth-order valence-corrected chi connectivity index (χ4v) is 2.76. The van der Waals surface area contributed by atoms with E-state index in [9.17, 15) is 9.59 Å². The van der Waals surface area contributed by atoms with Crippen molar-refractivity contribution in [2.45, 2.75) is 13.0 Å². The van der Waals surface area contributed by atoms with Crippen LogP contribution in [0, 0.1) is 5.92 Å². The van der Waals surface area contributed by atoms with Gasteiger partial charge in [-0.05, 0) is 24.3 Å². The number of aromatic nitrogens is 2. The molecular formula is C18H21N5O2. The van der Waals surface area contributed by atoms with Crippen LogP contribution in [0.5, 0.6) is 0 Å². The van der Waals surface area contributed by atoms with Crippen molar-refractivity contribution in [3.8, 4) is 0 Å². The number of hydrogen-bond acceptors (Lipinski definition) is 5. The third-order valence-electron chi connectivity index (χ3n) is 4.14. The highest BCUT2D eigenvalue weighted by Gasteiger charge is 2.34. The zero-order valence-electron chi connectivity index (χ0n) is 14.3. The number of carbonyl (C=O) groups is 2. The van der Waals surface area contributed by atoms with Crippen molar-refractivity contribution < 1.29 is 9.59 Å². The lowest BCUT2D eigenvalue weighted by Gasteiger charge is -2.16. The van der Waals surface area contributed by atoms with E-state index < -0.39 is 0 Å². The van der Waals surface area contributed by atoms with Crippen molar-refractivity contribution >= 4 is 23.3 Å². The fraction of sp³-hybridized carbons (Fsp3) is 0.333. The molecule has 1 N–H and O–H groups in total. The number of hydrogen-bond donors (Lipinski definition) is 1. The average Bonchev–Trinajstić information content (AvgIpc) is 2.97. The summed E-state index contributed by atoms with van der Waals surface area (Å²) in [6.45, 7) is 0.840. The molecule has 7 heteroatoms. The van der Waals surface area contributed by atoms with Crippen molar-refractivity contribution in [1.29, 1.82) is 0 Å². The van der Waals surface area contributed by atoms with E-state index in [0.717, 1.165) is 11.5 Å². The molecule has 1 aliphatic heterocycles. The summed E-state index contributed by atoms with van der Waals surface area (Å²) in [4.78, 5) is 36.7. The average molecular weight is 339 g/mol. The number of likely N-dealkylation sites (tertiary alicyclic amines) is 1. The van der Waals surface area contributed by atoms with Crippen LogP contribution in [0.15, 0.2) is 42.7 Å². The van der Waals surface area contributed by atoms with E-state index in [2.05, 4.69) is 15.3 Å². The van der Waals surface area contributed by atoms with Gasteiger partial charge >= 0.3 is 0 Å². The number of pyridine rings is 2. The van der Waals surface area contributed by atoms with E-state index in [4.69, 9.17) is 0 Å². The molecular weight excluding hydrogens is 318 g/mol. The summed E-state index contributed by atoms with van der Waals surface area (Å²) < 4.78 is 0. The number of anilines is 2. The molecule has 1 atom stereocenters. The highest BCUT2D eigenvalue weighted by atomic mass is 16.2. The Morgan fingerprint density at radius 2 is 2.12 bits per heavy atom. The van der Waals surface area contributed by atoms with Gasteiger partial charge in [-0.3, -0.25) is 14.6 Å². The minimum absolute atomic E-state index is 0.0214. The summed E-state index contributed by atoms with van der Waals surface area (Å²) in [6, 6.07) is 9.24. The highest BCUT2D eigenvalue weighted by Crippen LogP contribution is 2.21. The van der Waals surface area contributed by atoms with Crippen LogP contribution in [0.2, 0.25) is 0 Å². The summed E-state index contributed by atoms with van der Waals surface area (Å²) in [5, 5.41) is 2.84. The lowest BCUT2D eigenvalue weighted by atomic mass is 10.1. The molecule has 3 rings (SSSR count). The standard InChI is InChI=1S/C18H21N5O2/c1-22(2)16-7-6-14(10-20-16)21-18(25)13-9-17(24)23(11-13)12-15-5-3-4-8-19-15/h3-8,10,13H,9,11-12H2,1-2H3,(H,21,25)/t13-/m0/s1. The molecule has 0 spiro atoms. The minimum Gasteiger partial charge on any atom is -0.363 e. The van der Waals surface area contributed by atoms with Gasteiger partial charge in [0.1, 0.15) is 5.82 Å². The molecule has 130 valence electrons. The van der Waals surface area contributed by atoms with Gasteiger partial charge in [-0.1, -0.05) is 6.07 Å². The number of carbonyl (C=O) groups excluding carboxylic acids is 2. The molecule has 2 aromatic heterocycles. The molecule has 0 bridgehead atoms. The van der Waals surface area contributed by atoms with Crippen LogP contribution in [0.3, 0.4) is 0 Å². The molecule has 25 heavy (non-hydrogen) atoms. The molecule has 2 aromatic rings. The predicted molar refractivity (Wildman–Crippen MR) is 95.0 cm³/mol. The van der Waals surface area contributed by atoms with Gasteiger partial charge in [-0.15, -0.1) is 0 Å². The van der Waals surface area contributed by atoms with Crippen LogP contribution in [0.25, 0.3) is 0 Å². The van der Waals surface area contributed by atoms with Gasteiger partial charge in [0.05, 0.1) is 30.0 Å². The van der Waals surface area contributed by atoms with Gasteiger partial charge in [0.2, 0.25) is 11.8 Å². The van der Waals surface area contributed by atoms with Crippen molar-refractivity contribution in [2.24, 2.45) is 5.92 Å². The van der Waals surface area contributed by atoms with E-state index in [1.807, 2.05) is 49.3 Å². The van der Waals surface area contributed by atoms with Crippen molar-refractivity contribution in [3.05, 3.63) is 48.4 Å². The second-order valence-electron chi connectivity index (χ2n) is 6.29. The second kappa shape index (κ2) is 7.29. The van der Waals surface area contributed by atoms with Crippen molar-refractivity contribution in [1.82, 2.24) is 14.9 Å². The lowest BCUT2D eigenvalue weighted by molar-refractivity contribution is -0.128. The molecule has 1 fully saturated rings. The maximum atomic E-state index is 12.4. The van der Waals surface area contributed by atoms with Gasteiger partial charge in [-0.2, -0.15) is 0 Å². The van der Waals surface area contributed by atoms with E-state index >= 15 is 0 Å². The van der Waals surface area contributed by atoms with Crippen LogP contribution < -0.4 is 10.2 Å². The Morgan fingerprint density at radius 3 is 2.76 bits per heavy atom. The molecule has 1 saturated heterocycles. The molecule has 0 aromatic carbocycles. The largest absolute Gasteiger partial charge is 0.363 e. The summed E-state index contributed by atoms with van der Waals surface area (Å²) in [5.74, 6) is 0.281. The maximum Gasteiger partial charge on any atom is 0.229 e. The number of rotatable bonds is 5. The molecule has 0 aliphatic carbocycles. The third-order valence-corrected chi connectivity index (χ3v) is 4.14. The summed E-state index contributed by atoms with van der Waals surface area (Å²) in [5.41, 5.74) is 1.45. The van der Waals surface area contributed by atoms with Crippen LogP contribution in [0.4, 0.5) is 11.5 Å². The van der Waals surface area contributed by atoms with Crippen LogP contribution in [0.1, 0.15) is 12.1 Å². The minimum atomic E-state index is -0.357. The van der Waals surface area contributed by atoms with Crippen LogP contribution in [-0.2, 0) is 16.1 Å². The Bertz CT molecular complexity index is 746. The Balaban J connectivity index is 1.58. The first-order chi connectivity index (χ1) is 12.0. The first kappa shape index (κ1) is 16.9. The van der Waals surface area contributed by atoms with Gasteiger partial charge in [0.15, 0.2) is 0 Å². The highest BCUT2D eigenvalue weighted by molar-refractivity contribution is 5.97. The van der Waals surface area contributed by atoms with E-state index in [-0.39, 0.29) is 24.2 Å². The number of amides is 2. The van der Waals surface area contributed by atoms with Gasteiger partial charge in [0, 0.05) is 33.3 Å². The Labute approximate surface area is 146 Å². The first-order valence-corrected chi connectivity index (χ1v) is 8.15. The molecule has 3 heterocycles. The Hall–Kier alpha value is -2.96. The quantitative estimate of drug-likeness (QED) is 0.894. The topological polar surface area (TPSA) is 78.4 Å². The summed E-state index contributed by atoms with van der Waals surface area (Å²) in [7, 11) is 3.81. The van der Waals surface area contributed by atoms with Crippen molar-refractivity contribution in [3.63, 3.8) is 0 Å². The summed E-state index contributed by atoms with van der Waals surface area (Å²) >= 11 is 0. The van der Waals surface area contributed by atoms with Crippen molar-refractivity contribution in [2.75, 3.05) is 30.9 Å². The van der Waals surface area contributed by atoms with Crippen LogP contribution >= 0.6 is 0 Å². The fourth-order valence-electron chi connectivity index (χ4n) is 2.76. The zero-order valence-corrected chi connectivity index (χ0v) is 14.3. The molecule has 0 saturated carbocycles. The number of nitrogens with one attached hydrogen (secondary N) is 1. The second-order valence-corrected chi connectivity index (χ2v) is 6.29. The smallest absolute Gasteiger partial charge is 0.229 e. The van der Waals surface area contributed by atoms with E-state index in [1.54, 1.807) is 17.3 Å². The summed E-state index contributed by atoms with van der Waals surface area (Å²) in [6.07, 6.45) is 3.54. The number of nitrogens with zero attached hydrogens (tertiary/aromatic N) is 4. The maximum absolute atomic E-state index is 12.4. The van der Waals surface area contributed by atoms with E-state index in [0.29, 0.717) is 18.8 Å². The lowest BCUT2D eigenvalue weighted by Crippen LogP contribution is -2.28. The van der Waals surface area contributed by atoms with Gasteiger partial charge in [0.25, 0.3) is 0 Å². The first-order valence-electron chi connectivity index (χ1n) is 8.15. The Morgan fingerprint density at radius 1 is 1.28 bits per heavy atom. The molecule has 0 unspecified atom stereocenters. The van der Waals surface area contributed by atoms with Crippen LogP contribution in [-0.4, -0.2) is 47.3 Å². The third kappa shape index (κ3) is 4.12. The van der Waals surface area contributed by atoms with Gasteiger partial charge in [-0.25, -0.2) is 4.98 Å². The molecule has 7 nitrogen and oxygen atoms in total. The molecule has 1 aliphatic rings. The van der Waals surface area contributed by atoms with E-state index in [1.165, 1.54) is 0 Å².